The topological polar surface area (TPSA) is 102 Å². The summed E-state index contributed by atoms with van der Waals surface area (Å²) in [6, 6.07) is 12.3. The van der Waals surface area contributed by atoms with Crippen LogP contribution in [0.15, 0.2) is 47.4 Å². The summed E-state index contributed by atoms with van der Waals surface area (Å²) in [5.41, 5.74) is 2.66. The monoisotopic (exact) mass is 428 g/mol. The Morgan fingerprint density at radius 2 is 2.07 bits per heavy atom. The van der Waals surface area contributed by atoms with Gasteiger partial charge >= 0.3 is 0 Å². The Bertz CT molecular complexity index is 1100. The third-order valence-corrected chi connectivity index (χ3v) is 7.76. The molecule has 2 aliphatic rings. The fourth-order valence-corrected chi connectivity index (χ4v) is 5.37. The van der Waals surface area contributed by atoms with Crippen molar-refractivity contribution in [1.29, 1.82) is 0 Å². The van der Waals surface area contributed by atoms with Crippen molar-refractivity contribution in [3.8, 4) is 5.75 Å². The van der Waals surface area contributed by atoms with Crippen LogP contribution in [0.4, 0.5) is 5.69 Å². The molecule has 2 atom stereocenters. The maximum Gasteiger partial charge on any atom is 0.262 e. The Morgan fingerprint density at radius 3 is 2.90 bits per heavy atom. The van der Waals surface area contributed by atoms with Gasteiger partial charge in [-0.25, -0.2) is 8.42 Å². The number of hydrogen-bond acceptors (Lipinski definition) is 5. The predicted octanol–water partition coefficient (Wildman–Crippen LogP) is 2.76. The van der Waals surface area contributed by atoms with Crippen molar-refractivity contribution >= 4 is 27.3 Å². The van der Waals surface area contributed by atoms with Crippen LogP contribution in [0.1, 0.15) is 43.4 Å². The van der Waals surface area contributed by atoms with Gasteiger partial charge in [0, 0.05) is 6.42 Å². The average molecular weight is 429 g/mol. The van der Waals surface area contributed by atoms with Crippen LogP contribution in [0.5, 0.6) is 5.75 Å². The number of aryl methyl sites for hydroxylation is 1. The first-order chi connectivity index (χ1) is 14.3. The van der Waals surface area contributed by atoms with Crippen LogP contribution in [-0.2, 0) is 25.8 Å². The average Bonchev–Trinajstić information content (AvgIpc) is 2.73. The largest absolute Gasteiger partial charge is 0.482 e. The molecule has 1 aliphatic heterocycles. The molecule has 1 aliphatic carbocycles. The third-order valence-electron chi connectivity index (χ3n) is 5.62. The Balaban J connectivity index is 1.46. The summed E-state index contributed by atoms with van der Waals surface area (Å²) >= 11 is 0. The second-order valence-corrected chi connectivity index (χ2v) is 10.1. The minimum absolute atomic E-state index is 0.0513. The number of rotatable bonds is 5. The second kappa shape index (κ2) is 8.10. The van der Waals surface area contributed by atoms with E-state index in [9.17, 15) is 18.0 Å². The highest BCUT2D eigenvalue weighted by Crippen LogP contribution is 2.32. The minimum atomic E-state index is -3.75. The lowest BCUT2D eigenvalue weighted by Crippen LogP contribution is -2.34. The summed E-state index contributed by atoms with van der Waals surface area (Å²) in [5, 5.41) is 4.71. The fourth-order valence-electron chi connectivity index (χ4n) is 4.00. The molecular weight excluding hydrogens is 404 g/mol. The van der Waals surface area contributed by atoms with Crippen molar-refractivity contribution in [2.24, 2.45) is 0 Å². The maximum absolute atomic E-state index is 13.0. The highest BCUT2D eigenvalue weighted by molar-refractivity contribution is 7.92. The predicted molar refractivity (Wildman–Crippen MR) is 112 cm³/mol. The van der Waals surface area contributed by atoms with E-state index in [-0.39, 0.29) is 35.8 Å². The lowest BCUT2D eigenvalue weighted by atomic mass is 9.87. The number of carbonyl (C=O) groups is 2. The Morgan fingerprint density at radius 1 is 1.27 bits per heavy atom. The molecule has 4 rings (SSSR count). The van der Waals surface area contributed by atoms with Crippen molar-refractivity contribution in [3.05, 3.63) is 53.6 Å². The highest BCUT2D eigenvalue weighted by Gasteiger charge is 2.29. The maximum atomic E-state index is 13.0. The minimum Gasteiger partial charge on any atom is -0.482 e. The zero-order valence-electron chi connectivity index (χ0n) is 16.7. The Hall–Kier alpha value is -2.87. The standard InChI is InChI=1S/C22H24N2O5S/c1-14(11-21(25)23-18-8-4-6-15-5-2-3-7-17(15)18)30(27,28)16-9-10-20-19(12-16)24-22(26)13-29-20/h2-3,5,7,9-10,12,14,18H,4,6,8,11,13H2,1H3,(H,23,25)(H,24,26). The first kappa shape index (κ1) is 20.4. The van der Waals surface area contributed by atoms with Gasteiger partial charge in [-0.15, -0.1) is 0 Å². The normalized spacial score (nSPS) is 19.0. The number of anilines is 1. The molecule has 1 heterocycles. The first-order valence-corrected chi connectivity index (χ1v) is 11.6. The molecule has 0 aromatic heterocycles. The molecule has 7 nitrogen and oxygen atoms in total. The summed E-state index contributed by atoms with van der Waals surface area (Å²) < 4.78 is 31.3. The van der Waals surface area contributed by atoms with Gasteiger partial charge in [0.15, 0.2) is 16.4 Å². The molecular formula is C22H24N2O5S. The molecule has 2 aromatic carbocycles. The molecule has 2 aromatic rings. The smallest absolute Gasteiger partial charge is 0.262 e. The number of benzene rings is 2. The van der Waals surface area contributed by atoms with Crippen LogP contribution < -0.4 is 15.4 Å². The van der Waals surface area contributed by atoms with E-state index in [1.807, 2.05) is 18.2 Å². The quantitative estimate of drug-likeness (QED) is 0.763. The van der Waals surface area contributed by atoms with E-state index in [2.05, 4.69) is 16.7 Å². The van der Waals surface area contributed by atoms with Gasteiger partial charge in [0.25, 0.3) is 5.91 Å². The summed E-state index contributed by atoms with van der Waals surface area (Å²) in [4.78, 5) is 24.2. The molecule has 0 bridgehead atoms. The number of fused-ring (bicyclic) bond motifs is 2. The lowest BCUT2D eigenvalue weighted by molar-refractivity contribution is -0.122. The van der Waals surface area contributed by atoms with Crippen LogP contribution in [0.2, 0.25) is 0 Å². The third kappa shape index (κ3) is 4.05. The van der Waals surface area contributed by atoms with Gasteiger partial charge in [-0.3, -0.25) is 9.59 Å². The van der Waals surface area contributed by atoms with E-state index in [4.69, 9.17) is 4.74 Å². The van der Waals surface area contributed by atoms with E-state index in [1.165, 1.54) is 30.7 Å². The van der Waals surface area contributed by atoms with Gasteiger partial charge in [-0.05, 0) is 55.5 Å². The number of nitrogens with one attached hydrogen (secondary N) is 2. The van der Waals surface area contributed by atoms with E-state index in [0.717, 1.165) is 24.8 Å². The van der Waals surface area contributed by atoms with Crippen LogP contribution in [0.3, 0.4) is 0 Å². The Kier molecular flexibility index (Phi) is 5.51. The summed E-state index contributed by atoms with van der Waals surface area (Å²) in [6.45, 7) is 1.43. The number of sulfone groups is 1. The van der Waals surface area contributed by atoms with Crippen molar-refractivity contribution in [1.82, 2.24) is 5.32 Å². The molecule has 0 fully saturated rings. The molecule has 158 valence electrons. The summed E-state index contributed by atoms with van der Waals surface area (Å²) in [7, 11) is -3.75. The number of carbonyl (C=O) groups excluding carboxylic acids is 2. The van der Waals surface area contributed by atoms with E-state index < -0.39 is 15.1 Å². The van der Waals surface area contributed by atoms with Gasteiger partial charge in [0.1, 0.15) is 5.75 Å². The summed E-state index contributed by atoms with van der Waals surface area (Å²) in [6.07, 6.45) is 2.68. The Labute approximate surface area is 175 Å². The molecule has 30 heavy (non-hydrogen) atoms. The van der Waals surface area contributed by atoms with Gasteiger partial charge in [0.2, 0.25) is 5.91 Å². The second-order valence-electron chi connectivity index (χ2n) is 7.77. The molecule has 0 spiro atoms. The van der Waals surface area contributed by atoms with Gasteiger partial charge < -0.3 is 15.4 Å². The highest BCUT2D eigenvalue weighted by atomic mass is 32.2. The molecule has 0 radical (unpaired) electrons. The van der Waals surface area contributed by atoms with Crippen LogP contribution in [0.25, 0.3) is 0 Å². The van der Waals surface area contributed by atoms with Gasteiger partial charge in [0.05, 0.1) is 21.9 Å². The van der Waals surface area contributed by atoms with Gasteiger partial charge in [-0.2, -0.15) is 0 Å². The molecule has 0 saturated heterocycles. The van der Waals surface area contributed by atoms with Crippen LogP contribution in [0, 0.1) is 0 Å². The van der Waals surface area contributed by atoms with Crippen molar-refractivity contribution in [2.45, 2.75) is 48.8 Å². The lowest BCUT2D eigenvalue weighted by Gasteiger charge is -2.27. The molecule has 8 heteroatoms. The van der Waals surface area contributed by atoms with E-state index >= 15 is 0 Å². The zero-order chi connectivity index (χ0) is 21.3. The van der Waals surface area contributed by atoms with E-state index in [0.29, 0.717) is 11.4 Å². The fraction of sp³-hybridized carbons (Fsp3) is 0.364. The molecule has 2 unspecified atom stereocenters. The number of amides is 2. The molecule has 0 saturated carbocycles. The first-order valence-electron chi connectivity index (χ1n) is 10.0. The number of ether oxygens (including phenoxy) is 1. The van der Waals surface area contributed by atoms with E-state index in [1.54, 1.807) is 0 Å². The van der Waals surface area contributed by atoms with Gasteiger partial charge in [-0.1, -0.05) is 24.3 Å². The molecule has 2 N–H and O–H groups in total. The van der Waals surface area contributed by atoms with Crippen LogP contribution >= 0.6 is 0 Å². The van der Waals surface area contributed by atoms with Crippen molar-refractivity contribution < 1.29 is 22.7 Å². The molecule has 2 amide bonds. The zero-order valence-corrected chi connectivity index (χ0v) is 17.5. The summed E-state index contributed by atoms with van der Waals surface area (Å²) in [5.74, 6) is -0.200. The van der Waals surface area contributed by atoms with Crippen LogP contribution in [-0.4, -0.2) is 32.1 Å². The SMILES string of the molecule is CC(CC(=O)NC1CCCc2ccccc21)S(=O)(=O)c1ccc2c(c1)NC(=O)CO2. The van der Waals surface area contributed by atoms with Crippen molar-refractivity contribution in [2.75, 3.05) is 11.9 Å². The number of hydrogen-bond donors (Lipinski definition) is 2. The van der Waals surface area contributed by atoms with Crippen molar-refractivity contribution in [3.63, 3.8) is 0 Å².